The number of hydrogen-bond acceptors (Lipinski definition) is 7. The summed E-state index contributed by atoms with van der Waals surface area (Å²) >= 11 is 6.62. The number of imidazole rings is 1. The van der Waals surface area contributed by atoms with Crippen LogP contribution in [0.4, 0.5) is 0 Å². The minimum absolute atomic E-state index is 0.0141. The summed E-state index contributed by atoms with van der Waals surface area (Å²) in [6.07, 6.45) is 12.4. The first-order valence-corrected chi connectivity index (χ1v) is 14.0. The summed E-state index contributed by atoms with van der Waals surface area (Å²) in [7, 11) is 0. The van der Waals surface area contributed by atoms with Gasteiger partial charge in [-0.3, -0.25) is 9.78 Å². The highest BCUT2D eigenvalue weighted by Crippen LogP contribution is 2.31. The summed E-state index contributed by atoms with van der Waals surface area (Å²) in [6.45, 7) is 1.89. The molecule has 9 nitrogen and oxygen atoms in total. The van der Waals surface area contributed by atoms with Crippen molar-refractivity contribution < 1.29 is 19.7 Å². The molecule has 5 rings (SSSR count). The second kappa shape index (κ2) is 12.8. The number of hydrogen-bond donors (Lipinski definition) is 2. The number of halogens is 1. The Balaban J connectivity index is 1.42. The lowest BCUT2D eigenvalue weighted by molar-refractivity contribution is -0.139. The quantitative estimate of drug-likeness (QED) is 0.289. The van der Waals surface area contributed by atoms with Gasteiger partial charge in [-0.15, -0.1) is 0 Å². The van der Waals surface area contributed by atoms with Crippen molar-refractivity contribution in [2.45, 2.75) is 58.3 Å². The predicted octanol–water partition coefficient (Wildman–Crippen LogP) is 4.62. The maximum atomic E-state index is 13.5. The molecule has 1 atom stereocenters. The first-order valence-electron chi connectivity index (χ1n) is 13.6. The molecule has 0 spiro atoms. The number of carbonyl (C=O) groups is 1. The van der Waals surface area contributed by atoms with Gasteiger partial charge < -0.3 is 24.4 Å². The maximum Gasteiger partial charge on any atom is 0.226 e. The van der Waals surface area contributed by atoms with E-state index in [1.54, 1.807) is 29.8 Å². The number of rotatable bonds is 10. The molecule has 210 valence electrons. The molecule has 10 heteroatoms. The van der Waals surface area contributed by atoms with Gasteiger partial charge >= 0.3 is 0 Å². The Hall–Kier alpha value is -3.53. The second-order valence-corrected chi connectivity index (χ2v) is 10.7. The SMILES string of the molecule is Cc1cc(-n2ccnc2)c2cccc(OCc3c(Cl)cncc3CN(CC(O)CO)C(=O)C3CCCCC3)c2n1. The standard InChI is InChI=1S/C30H34ClN5O4/c1-20-12-27(35-11-10-32-19-35)24-8-5-9-28(29(24)34-20)40-18-25-22(13-33-14-26(25)31)15-36(16-23(38)17-37)30(39)21-6-3-2-4-7-21/h5,8-14,19,21,23,37-38H,2-4,6-7,15-18H2,1H3. The number of aryl methyl sites for hydroxylation is 1. The third kappa shape index (κ3) is 6.27. The number of carbonyl (C=O) groups excluding carboxylic acids is 1. The molecule has 1 aliphatic rings. The van der Waals surface area contributed by atoms with Crippen molar-refractivity contribution in [1.29, 1.82) is 0 Å². The zero-order chi connectivity index (χ0) is 28.1. The second-order valence-electron chi connectivity index (χ2n) is 10.3. The zero-order valence-corrected chi connectivity index (χ0v) is 23.3. The van der Waals surface area contributed by atoms with Crippen molar-refractivity contribution in [2.75, 3.05) is 13.2 Å². The monoisotopic (exact) mass is 563 g/mol. The Labute approximate surface area is 238 Å². The molecule has 1 unspecified atom stereocenters. The molecule has 1 amide bonds. The Morgan fingerprint density at radius 3 is 2.80 bits per heavy atom. The van der Waals surface area contributed by atoms with E-state index in [0.717, 1.165) is 60.0 Å². The molecule has 2 N–H and O–H groups in total. The molecular formula is C30H34ClN5O4. The van der Waals surface area contributed by atoms with Crippen molar-refractivity contribution in [3.8, 4) is 11.4 Å². The molecule has 40 heavy (non-hydrogen) atoms. The van der Waals surface area contributed by atoms with E-state index in [2.05, 4.69) is 9.97 Å². The van der Waals surface area contributed by atoms with Gasteiger partial charge in [-0.1, -0.05) is 43.0 Å². The summed E-state index contributed by atoms with van der Waals surface area (Å²) < 4.78 is 8.26. The van der Waals surface area contributed by atoms with Gasteiger partial charge in [-0.2, -0.15) is 0 Å². The molecule has 0 radical (unpaired) electrons. The van der Waals surface area contributed by atoms with Crippen LogP contribution < -0.4 is 4.74 Å². The zero-order valence-electron chi connectivity index (χ0n) is 22.5. The van der Waals surface area contributed by atoms with Gasteiger partial charge in [-0.25, -0.2) is 9.97 Å². The lowest BCUT2D eigenvalue weighted by Crippen LogP contribution is -2.42. The molecule has 4 aromatic rings. The number of aliphatic hydroxyl groups excluding tert-OH is 2. The molecule has 0 saturated heterocycles. The summed E-state index contributed by atoms with van der Waals surface area (Å²) in [5.41, 5.74) is 3.95. The highest BCUT2D eigenvalue weighted by atomic mass is 35.5. The Morgan fingerprint density at radius 2 is 2.05 bits per heavy atom. The molecular weight excluding hydrogens is 530 g/mol. The van der Waals surface area contributed by atoms with Gasteiger partial charge in [0.2, 0.25) is 5.91 Å². The van der Waals surface area contributed by atoms with E-state index in [1.165, 1.54) is 0 Å². The van der Waals surface area contributed by atoms with Crippen LogP contribution in [0.15, 0.2) is 55.4 Å². The molecule has 3 heterocycles. The number of fused-ring (bicyclic) bond motifs is 1. The van der Waals surface area contributed by atoms with E-state index < -0.39 is 12.7 Å². The summed E-state index contributed by atoms with van der Waals surface area (Å²) in [5, 5.41) is 21.1. The van der Waals surface area contributed by atoms with Gasteiger partial charge in [0.1, 0.15) is 17.9 Å². The third-order valence-electron chi connectivity index (χ3n) is 7.43. The van der Waals surface area contributed by atoms with Crippen LogP contribution in [0.3, 0.4) is 0 Å². The van der Waals surface area contributed by atoms with Gasteiger partial charge in [0.25, 0.3) is 0 Å². The number of nitrogens with zero attached hydrogens (tertiary/aromatic N) is 5. The van der Waals surface area contributed by atoms with Crippen molar-refractivity contribution in [2.24, 2.45) is 5.92 Å². The minimum atomic E-state index is -1.03. The van der Waals surface area contributed by atoms with Crippen LogP contribution in [0.1, 0.15) is 48.9 Å². The molecule has 1 aromatic carbocycles. The maximum absolute atomic E-state index is 13.5. The first-order chi connectivity index (χ1) is 19.4. The van der Waals surface area contributed by atoms with E-state index in [1.807, 2.05) is 42.0 Å². The van der Waals surface area contributed by atoms with E-state index in [0.29, 0.717) is 16.3 Å². The highest BCUT2D eigenvalue weighted by Gasteiger charge is 2.28. The molecule has 3 aromatic heterocycles. The first kappa shape index (κ1) is 28.0. The lowest BCUT2D eigenvalue weighted by Gasteiger charge is -2.31. The summed E-state index contributed by atoms with van der Waals surface area (Å²) in [6, 6.07) is 7.79. The molecule has 0 aliphatic heterocycles. The highest BCUT2D eigenvalue weighted by molar-refractivity contribution is 6.31. The molecule has 1 aliphatic carbocycles. The fourth-order valence-electron chi connectivity index (χ4n) is 5.37. The Bertz CT molecular complexity index is 1460. The number of benzene rings is 1. The number of para-hydroxylation sites is 1. The molecule has 1 saturated carbocycles. The molecule has 0 bridgehead atoms. The fourth-order valence-corrected chi connectivity index (χ4v) is 5.60. The third-order valence-corrected chi connectivity index (χ3v) is 7.75. The largest absolute Gasteiger partial charge is 0.487 e. The fraction of sp³-hybridized carbons (Fsp3) is 0.400. The van der Waals surface area contributed by atoms with Crippen LogP contribution >= 0.6 is 11.6 Å². The van der Waals surface area contributed by atoms with E-state index in [4.69, 9.17) is 21.3 Å². The smallest absolute Gasteiger partial charge is 0.226 e. The van der Waals surface area contributed by atoms with E-state index in [-0.39, 0.29) is 31.5 Å². The number of ether oxygens (including phenoxy) is 1. The van der Waals surface area contributed by atoms with E-state index in [9.17, 15) is 15.0 Å². The van der Waals surface area contributed by atoms with Gasteiger partial charge in [-0.05, 0) is 37.5 Å². The van der Waals surface area contributed by atoms with Crippen molar-refractivity contribution in [3.63, 3.8) is 0 Å². The van der Waals surface area contributed by atoms with Crippen LogP contribution in [0.25, 0.3) is 16.6 Å². The normalized spacial score (nSPS) is 14.8. The summed E-state index contributed by atoms with van der Waals surface area (Å²) in [4.78, 5) is 28.3. The van der Waals surface area contributed by atoms with Crippen LogP contribution in [0.5, 0.6) is 5.75 Å². The number of aromatic nitrogens is 4. The minimum Gasteiger partial charge on any atom is -0.487 e. The van der Waals surface area contributed by atoms with Gasteiger partial charge in [0, 0.05) is 60.4 Å². The molecule has 1 fully saturated rings. The van der Waals surface area contributed by atoms with Crippen LogP contribution in [0.2, 0.25) is 5.02 Å². The van der Waals surface area contributed by atoms with Crippen LogP contribution in [0, 0.1) is 12.8 Å². The van der Waals surface area contributed by atoms with Crippen molar-refractivity contribution in [1.82, 2.24) is 24.4 Å². The number of pyridine rings is 2. The average molecular weight is 564 g/mol. The van der Waals surface area contributed by atoms with Crippen molar-refractivity contribution >= 4 is 28.4 Å². The van der Waals surface area contributed by atoms with Crippen molar-refractivity contribution in [3.05, 3.63) is 77.2 Å². The Morgan fingerprint density at radius 1 is 1.23 bits per heavy atom. The van der Waals surface area contributed by atoms with Gasteiger partial charge in [0.15, 0.2) is 0 Å². The van der Waals surface area contributed by atoms with Gasteiger partial charge in [0.05, 0.1) is 29.7 Å². The number of aliphatic hydroxyl groups is 2. The van der Waals surface area contributed by atoms with Crippen LogP contribution in [-0.2, 0) is 17.9 Å². The number of amides is 1. The topological polar surface area (TPSA) is 114 Å². The Kier molecular flexibility index (Phi) is 8.94. The lowest BCUT2D eigenvalue weighted by atomic mass is 9.88. The van der Waals surface area contributed by atoms with E-state index >= 15 is 0 Å². The van der Waals surface area contributed by atoms with Crippen LogP contribution in [-0.4, -0.2) is 59.8 Å². The predicted molar refractivity (Wildman–Crippen MR) is 152 cm³/mol. The average Bonchev–Trinajstić information content (AvgIpc) is 3.51. The summed E-state index contributed by atoms with van der Waals surface area (Å²) in [5.74, 6) is 0.508.